The molecule has 5 aliphatic carbocycles. The second kappa shape index (κ2) is 34.7. The molecular weight excluding hydrogens is 1740 g/mol. The third-order valence-electron chi connectivity index (χ3n) is 21.7. The van der Waals surface area contributed by atoms with Gasteiger partial charge in [-0.2, -0.15) is 10.2 Å². The van der Waals surface area contributed by atoms with Crippen molar-refractivity contribution in [1.29, 1.82) is 0 Å². The lowest BCUT2D eigenvalue weighted by atomic mass is 9.78. The van der Waals surface area contributed by atoms with Gasteiger partial charge < -0.3 is 44.4 Å². The second-order valence-electron chi connectivity index (χ2n) is 30.9. The van der Waals surface area contributed by atoms with E-state index in [-0.39, 0.29) is 40.6 Å². The molecule has 0 atom stereocenters. The highest BCUT2D eigenvalue weighted by Gasteiger charge is 2.52. The molecule has 0 bridgehead atoms. The SMILES string of the molecule is Brc1ccc(Br)nn1.Brc1cccc(-c2nncn2C2CC2)n1.CC1(C)OB(c2ccc3c(c2)C(=O)NC3)OC1(C)C.O=C1NCc2ccc(-c3ccc(Br)nn3)cc21.O=C1NCc2ccc(-c3ccc(C4CC4)nn3)cc21.O=C1c2cc(-c3ccc(C4CC4)nc3)ccc2CN1c1cccc(-c2nncn2C2CC2)n1.OB(O)C1CC1. The monoisotopic (exact) mass is 1820 g/mol. The van der Waals surface area contributed by atoms with E-state index in [1.165, 1.54) is 44.2 Å². The van der Waals surface area contributed by atoms with Crippen molar-refractivity contribution in [1.82, 2.24) is 91.0 Å². The molecule has 8 aromatic heterocycles. The highest BCUT2D eigenvalue weighted by molar-refractivity contribution is 9.11. The van der Waals surface area contributed by atoms with Crippen LogP contribution in [0.3, 0.4) is 0 Å². The van der Waals surface area contributed by atoms with Gasteiger partial charge in [0.15, 0.2) is 11.6 Å². The molecular formula is C84H79B2Br4N19O8. The molecule has 0 unspecified atom stereocenters. The van der Waals surface area contributed by atoms with Gasteiger partial charge in [0.05, 0.1) is 34.8 Å². The number of carbonyl (C=O) groups excluding carboxylic acids is 4. The van der Waals surface area contributed by atoms with E-state index in [9.17, 15) is 19.2 Å². The van der Waals surface area contributed by atoms with Crippen LogP contribution in [0.25, 0.3) is 56.7 Å². The summed E-state index contributed by atoms with van der Waals surface area (Å²) in [6, 6.07) is 51.8. The smallest absolute Gasteiger partial charge is 0.427 e. The number of nitrogens with zero attached hydrogens (tertiary/aromatic N) is 16. The predicted molar refractivity (Wildman–Crippen MR) is 454 cm³/mol. The third-order valence-corrected chi connectivity index (χ3v) is 23.4. The number of hydrogen-bond acceptors (Lipinski definition) is 21. The van der Waals surface area contributed by atoms with Crippen LogP contribution in [-0.2, 0) is 35.5 Å². The van der Waals surface area contributed by atoms with E-state index in [0.717, 1.165) is 152 Å². The molecule has 0 radical (unpaired) electrons. The Morgan fingerprint density at radius 2 is 0.915 bits per heavy atom. The normalized spacial score (nSPS) is 17.1. The van der Waals surface area contributed by atoms with Crippen molar-refractivity contribution >= 4 is 113 Å². The van der Waals surface area contributed by atoms with Gasteiger partial charge >= 0.3 is 14.2 Å². The highest BCUT2D eigenvalue weighted by Crippen LogP contribution is 2.43. The maximum Gasteiger partial charge on any atom is 0.494 e. The first kappa shape index (κ1) is 80.4. The van der Waals surface area contributed by atoms with E-state index in [1.54, 1.807) is 17.6 Å². The minimum Gasteiger partial charge on any atom is -0.427 e. The lowest BCUT2D eigenvalue weighted by Crippen LogP contribution is -2.41. The summed E-state index contributed by atoms with van der Waals surface area (Å²) in [4.78, 5) is 63.8. The van der Waals surface area contributed by atoms with Crippen LogP contribution >= 0.6 is 63.7 Å². The number of nitrogens with one attached hydrogen (secondary N) is 3. The fourth-order valence-electron chi connectivity index (χ4n) is 13.5. The van der Waals surface area contributed by atoms with Gasteiger partial charge in [0.2, 0.25) is 0 Å². The van der Waals surface area contributed by atoms with Crippen molar-refractivity contribution in [3.8, 4) is 56.7 Å². The van der Waals surface area contributed by atoms with E-state index >= 15 is 0 Å². The number of hydrogen-bond donors (Lipinski definition) is 5. The first-order valence-corrected chi connectivity index (χ1v) is 41.9. The van der Waals surface area contributed by atoms with Crippen LogP contribution in [0.4, 0.5) is 5.82 Å². The minimum absolute atomic E-state index is 0.000547. The lowest BCUT2D eigenvalue weighted by Gasteiger charge is -2.32. The zero-order valence-electron chi connectivity index (χ0n) is 64.2. The van der Waals surface area contributed by atoms with Gasteiger partial charge in [-0.05, 0) is 273 Å². The predicted octanol–water partition coefficient (Wildman–Crippen LogP) is 14.5. The Bertz CT molecular complexity index is 5660. The van der Waals surface area contributed by atoms with Crippen molar-refractivity contribution in [3.05, 3.63) is 251 Å². The summed E-state index contributed by atoms with van der Waals surface area (Å²) in [5, 5.41) is 65.3. The molecule has 0 spiro atoms. The van der Waals surface area contributed by atoms with Crippen molar-refractivity contribution in [3.63, 3.8) is 0 Å². The zero-order chi connectivity index (χ0) is 81.2. The summed E-state index contributed by atoms with van der Waals surface area (Å²) >= 11 is 12.9. The molecule has 5 aliphatic heterocycles. The van der Waals surface area contributed by atoms with Crippen molar-refractivity contribution in [2.45, 2.75) is 159 Å². The van der Waals surface area contributed by atoms with Crippen molar-refractivity contribution in [2.75, 3.05) is 4.90 Å². The number of carbonyl (C=O) groups is 4. The molecule has 13 heterocycles. The van der Waals surface area contributed by atoms with Gasteiger partial charge in [-0.3, -0.25) is 29.1 Å². The molecule has 33 heteroatoms. The molecule has 22 rings (SSSR count). The number of rotatable bonds is 12. The molecule has 12 aromatic rings. The van der Waals surface area contributed by atoms with Gasteiger partial charge in [-0.25, -0.2) is 9.97 Å². The average Bonchev–Trinajstić information content (AvgIpc) is 1.62. The minimum atomic E-state index is -1.04. The number of fused-ring (bicyclic) bond motifs is 4. The van der Waals surface area contributed by atoms with Gasteiger partial charge in [-0.15, -0.1) is 40.8 Å². The first-order chi connectivity index (χ1) is 56.5. The van der Waals surface area contributed by atoms with Crippen molar-refractivity contribution in [2.24, 2.45) is 0 Å². The topological polar surface area (TPSA) is 344 Å². The number of halogens is 4. The molecule has 592 valence electrons. The Labute approximate surface area is 708 Å². The van der Waals surface area contributed by atoms with Crippen LogP contribution in [0.2, 0.25) is 5.82 Å². The summed E-state index contributed by atoms with van der Waals surface area (Å²) in [7, 11) is -1.45. The van der Waals surface area contributed by atoms with E-state index in [1.807, 2.05) is 173 Å². The average molecular weight is 1820 g/mol. The van der Waals surface area contributed by atoms with Crippen LogP contribution in [0.5, 0.6) is 0 Å². The molecule has 117 heavy (non-hydrogen) atoms. The van der Waals surface area contributed by atoms with Gasteiger partial charge in [0.1, 0.15) is 48.3 Å². The van der Waals surface area contributed by atoms with Gasteiger partial charge in [-0.1, -0.05) is 79.6 Å². The molecule has 6 fully saturated rings. The second-order valence-corrected chi connectivity index (χ2v) is 34.2. The van der Waals surface area contributed by atoms with Crippen LogP contribution in [0.1, 0.15) is 191 Å². The fourth-order valence-corrected chi connectivity index (χ4v) is 14.5. The summed E-state index contributed by atoms with van der Waals surface area (Å²) in [6.07, 6.45) is 17.1. The lowest BCUT2D eigenvalue weighted by molar-refractivity contribution is 0.00578. The maximum absolute atomic E-state index is 13.4. The largest absolute Gasteiger partial charge is 0.494 e. The summed E-state index contributed by atoms with van der Waals surface area (Å²) in [6.45, 7) is 10.4. The number of amides is 4. The van der Waals surface area contributed by atoms with Crippen LogP contribution in [0.15, 0.2) is 195 Å². The fraction of sp³-hybridized carbons (Fsp3) is 0.298. The van der Waals surface area contributed by atoms with E-state index in [4.69, 9.17) is 24.3 Å². The van der Waals surface area contributed by atoms with Crippen molar-refractivity contribution < 1.29 is 38.5 Å². The van der Waals surface area contributed by atoms with Gasteiger partial charge in [0, 0.05) is 94.4 Å². The Morgan fingerprint density at radius 1 is 0.444 bits per heavy atom. The Balaban J connectivity index is 0.000000108. The standard InChI is InChI=1S/C26H22N6O.C15H13N3O.C14H18BNO3.C12H8BrN3O.C10H9BrN4.C4H2Br2N2.C3H7BO2/c33-26-21-12-17(18-8-11-22(27-13-18)16-4-5-16)6-7-19(21)14-31(26)24-3-1-2-23(29-24)25-30-28-15-32(25)20-9-10-20;19-15-12-7-10(3-4-11(12)8-16-15)14-6-5-13(17-18-14)9-1-2-9;1-13(2)14(3,4)19-15(18-13)10-6-5-9-8-16-12(17)11(9)7-10;13-11-4-3-10(15-16-11)7-1-2-8-6-14-12(17)9(8)5-7;11-9-3-1-2-8(13-9)10-14-12-6-15(10)7-4-5-7;5-3-1-2-4(6)8-7-3;5-4(6)3-1-2-3/h1-3,6-8,11-13,15-16,20H,4-5,9-10,14H2;3-7,9H,1-2,8H2,(H,16,19);5-7H,8H2,1-4H3,(H,16,17);1-5H,6H2,(H,14,17);1-3,6-7H,4-5H2;1-2H;3,5-6H,1-2H2. The first-order valence-electron chi connectivity index (χ1n) is 38.8. The molecule has 1 saturated heterocycles. The summed E-state index contributed by atoms with van der Waals surface area (Å²) < 4.78 is 19.2. The Kier molecular flexibility index (Phi) is 23.8. The van der Waals surface area contributed by atoms with Gasteiger partial charge in [0.25, 0.3) is 23.6 Å². The van der Waals surface area contributed by atoms with E-state index in [0.29, 0.717) is 60.5 Å². The molecule has 5 N–H and O–H groups in total. The Morgan fingerprint density at radius 3 is 1.39 bits per heavy atom. The molecule has 4 aromatic carbocycles. The Hall–Kier alpha value is -10.4. The highest BCUT2D eigenvalue weighted by atomic mass is 79.9. The van der Waals surface area contributed by atoms with E-state index < -0.39 is 14.2 Å². The van der Waals surface area contributed by atoms with Crippen LogP contribution in [0, 0.1) is 0 Å². The molecule has 4 amide bonds. The number of pyridine rings is 3. The quantitative estimate of drug-likeness (QED) is 0.0560. The molecule has 5 saturated carbocycles. The molecule has 10 aliphatic rings. The maximum atomic E-state index is 13.4. The molecule has 27 nitrogen and oxygen atoms in total. The third kappa shape index (κ3) is 19.3. The van der Waals surface area contributed by atoms with Crippen LogP contribution in [-0.4, -0.2) is 134 Å². The van der Waals surface area contributed by atoms with Crippen LogP contribution < -0.4 is 26.3 Å². The van der Waals surface area contributed by atoms with E-state index in [2.05, 4.69) is 168 Å². The zero-order valence-corrected chi connectivity index (χ0v) is 70.5. The number of anilines is 1. The number of aromatic nitrogens is 15. The summed E-state index contributed by atoms with van der Waals surface area (Å²) in [5.74, 6) is 3.65. The summed E-state index contributed by atoms with van der Waals surface area (Å²) in [5.41, 5.74) is 16.6. The number of benzene rings is 4.